The molecule has 0 saturated heterocycles. The quantitative estimate of drug-likeness (QED) is 0.456. The fraction of sp³-hybridized carbons (Fsp3) is 0.318. The molecule has 1 amide bonds. The van der Waals surface area contributed by atoms with Crippen molar-refractivity contribution in [3.63, 3.8) is 0 Å². The van der Waals surface area contributed by atoms with Gasteiger partial charge in [0.25, 0.3) is 0 Å². The minimum Gasteiger partial charge on any atom is -0.475 e. The van der Waals surface area contributed by atoms with Gasteiger partial charge in [0, 0.05) is 24.2 Å². The van der Waals surface area contributed by atoms with Crippen molar-refractivity contribution in [1.82, 2.24) is 4.98 Å². The summed E-state index contributed by atoms with van der Waals surface area (Å²) in [6, 6.07) is 6.07. The Morgan fingerprint density at radius 3 is 2.69 bits per heavy atom. The summed E-state index contributed by atoms with van der Waals surface area (Å²) in [7, 11) is 0. The lowest BCUT2D eigenvalue weighted by molar-refractivity contribution is 0.0585. The zero-order valence-corrected chi connectivity index (χ0v) is 19.4. The van der Waals surface area contributed by atoms with Gasteiger partial charge >= 0.3 is 12.1 Å². The summed E-state index contributed by atoms with van der Waals surface area (Å²) in [5, 5.41) is 10.5. The highest BCUT2D eigenvalue weighted by molar-refractivity contribution is 7.22. The largest absolute Gasteiger partial charge is 0.475 e. The second kappa shape index (κ2) is 8.48. The first-order chi connectivity index (χ1) is 15.1. The van der Waals surface area contributed by atoms with Crippen LogP contribution in [0.4, 0.5) is 21.5 Å². The van der Waals surface area contributed by atoms with Gasteiger partial charge in [-0.3, -0.25) is 0 Å². The molecule has 1 N–H and O–H groups in total. The molecule has 0 radical (unpaired) electrons. The number of hydrogen-bond donors (Lipinski definition) is 1. The summed E-state index contributed by atoms with van der Waals surface area (Å²) < 4.78 is 11.8. The van der Waals surface area contributed by atoms with Gasteiger partial charge in [0.05, 0.1) is 10.4 Å². The first-order valence-corrected chi connectivity index (χ1v) is 11.2. The van der Waals surface area contributed by atoms with Crippen LogP contribution in [0.25, 0.3) is 10.2 Å². The van der Waals surface area contributed by atoms with Gasteiger partial charge in [-0.2, -0.15) is 0 Å². The number of rotatable bonds is 4. The molecule has 168 valence electrons. The molecule has 2 aromatic heterocycles. The second-order valence-corrected chi connectivity index (χ2v) is 9.68. The third kappa shape index (κ3) is 4.58. The predicted molar refractivity (Wildman–Crippen MR) is 125 cm³/mol. The van der Waals surface area contributed by atoms with E-state index in [0.717, 1.165) is 29.3 Å². The molecular formula is C22H22ClN3O5S. The van der Waals surface area contributed by atoms with Crippen LogP contribution in [0.1, 0.15) is 37.7 Å². The molecule has 3 heterocycles. The van der Waals surface area contributed by atoms with Gasteiger partial charge in [0.15, 0.2) is 5.13 Å². The number of halogens is 1. The fourth-order valence-corrected chi connectivity index (χ4v) is 4.60. The Morgan fingerprint density at radius 2 is 2.06 bits per heavy atom. The third-order valence-corrected chi connectivity index (χ3v) is 5.88. The number of anilines is 3. The number of carbonyl (C=O) groups excluding carboxylic acids is 1. The standard InChI is InChI=1S/C22H22ClN3O5S/c1-22(2,3)31-21(29)26(17-8-7-15(30-17)19(27)28)14-11-13(23)12-16-18(14)24-20(32-16)25-9-5-4-6-10-25/h4-5,7-8,11-12H,6,9-10H2,1-3H3,(H,27,28). The molecule has 0 saturated carbocycles. The fourth-order valence-electron chi connectivity index (χ4n) is 3.27. The highest BCUT2D eigenvalue weighted by atomic mass is 35.5. The summed E-state index contributed by atoms with van der Waals surface area (Å²) in [4.78, 5) is 32.7. The number of carbonyl (C=O) groups is 2. The zero-order chi connectivity index (χ0) is 23.0. The van der Waals surface area contributed by atoms with Gasteiger partial charge in [0.2, 0.25) is 11.6 Å². The number of benzene rings is 1. The maximum absolute atomic E-state index is 13.2. The smallest absolute Gasteiger partial charge is 0.421 e. The van der Waals surface area contributed by atoms with E-state index in [1.165, 1.54) is 28.4 Å². The Bertz CT molecular complexity index is 1210. The van der Waals surface area contributed by atoms with E-state index in [0.29, 0.717) is 16.2 Å². The number of ether oxygens (including phenoxy) is 1. The first kappa shape index (κ1) is 22.2. The SMILES string of the molecule is CC(C)(C)OC(=O)N(c1ccc(C(=O)O)o1)c1cc(Cl)cc2sc(N3CC=CCC3)nc12. The Balaban J connectivity index is 1.86. The lowest BCUT2D eigenvalue weighted by atomic mass is 10.2. The number of amides is 1. The third-order valence-electron chi connectivity index (χ3n) is 4.60. The molecule has 3 aromatic rings. The molecule has 1 aliphatic heterocycles. The summed E-state index contributed by atoms with van der Waals surface area (Å²) in [6.45, 7) is 6.82. The van der Waals surface area contributed by atoms with Crippen LogP contribution in [0.3, 0.4) is 0 Å². The summed E-state index contributed by atoms with van der Waals surface area (Å²) in [5.41, 5.74) is 0.106. The monoisotopic (exact) mass is 475 g/mol. The summed E-state index contributed by atoms with van der Waals surface area (Å²) in [5.74, 6) is -1.55. The number of furan rings is 1. The van der Waals surface area contributed by atoms with Crippen molar-refractivity contribution in [3.05, 3.63) is 47.2 Å². The number of aromatic nitrogens is 1. The number of aromatic carboxylic acids is 1. The molecule has 32 heavy (non-hydrogen) atoms. The molecule has 0 unspecified atom stereocenters. The lowest BCUT2D eigenvalue weighted by Gasteiger charge is -2.26. The van der Waals surface area contributed by atoms with E-state index in [2.05, 4.69) is 17.1 Å². The van der Waals surface area contributed by atoms with Crippen molar-refractivity contribution in [2.24, 2.45) is 0 Å². The van der Waals surface area contributed by atoms with E-state index in [9.17, 15) is 14.7 Å². The van der Waals surface area contributed by atoms with Crippen molar-refractivity contribution >= 4 is 61.9 Å². The van der Waals surface area contributed by atoms with Crippen LogP contribution >= 0.6 is 22.9 Å². The lowest BCUT2D eigenvalue weighted by Crippen LogP contribution is -2.33. The minimum absolute atomic E-state index is 0.00401. The average Bonchev–Trinajstić information content (AvgIpc) is 3.35. The Kier molecular flexibility index (Phi) is 5.87. The Hall–Kier alpha value is -3.04. The van der Waals surface area contributed by atoms with E-state index in [1.807, 2.05) is 0 Å². The van der Waals surface area contributed by atoms with Crippen LogP contribution in [0.2, 0.25) is 5.02 Å². The van der Waals surface area contributed by atoms with E-state index >= 15 is 0 Å². The first-order valence-electron chi connectivity index (χ1n) is 9.98. The van der Waals surface area contributed by atoms with Gasteiger partial charge < -0.3 is 19.2 Å². The van der Waals surface area contributed by atoms with Gasteiger partial charge in [-0.15, -0.1) is 0 Å². The van der Waals surface area contributed by atoms with Crippen LogP contribution < -0.4 is 9.80 Å². The average molecular weight is 476 g/mol. The molecule has 1 aliphatic rings. The van der Waals surface area contributed by atoms with Crippen molar-refractivity contribution < 1.29 is 23.8 Å². The maximum atomic E-state index is 13.2. The number of carboxylic acid groups (broad SMARTS) is 1. The molecule has 8 nitrogen and oxygen atoms in total. The van der Waals surface area contributed by atoms with Crippen molar-refractivity contribution in [1.29, 1.82) is 0 Å². The molecule has 0 fully saturated rings. The van der Waals surface area contributed by atoms with E-state index in [-0.39, 0.29) is 11.6 Å². The van der Waals surface area contributed by atoms with Crippen LogP contribution in [0, 0.1) is 0 Å². The molecular weight excluding hydrogens is 454 g/mol. The zero-order valence-electron chi connectivity index (χ0n) is 17.8. The number of fused-ring (bicyclic) bond motifs is 1. The number of hydrogen-bond acceptors (Lipinski definition) is 7. The Morgan fingerprint density at radius 1 is 1.28 bits per heavy atom. The molecule has 0 bridgehead atoms. The van der Waals surface area contributed by atoms with Crippen molar-refractivity contribution in [3.8, 4) is 0 Å². The minimum atomic E-state index is -1.24. The van der Waals surface area contributed by atoms with Gasteiger partial charge in [-0.1, -0.05) is 35.1 Å². The molecule has 1 aromatic carbocycles. The van der Waals surface area contributed by atoms with Crippen molar-refractivity contribution in [2.75, 3.05) is 22.9 Å². The van der Waals surface area contributed by atoms with E-state index < -0.39 is 17.7 Å². The maximum Gasteiger partial charge on any atom is 0.421 e. The Labute approximate surface area is 193 Å². The number of carboxylic acids is 1. The van der Waals surface area contributed by atoms with Crippen LogP contribution in [0.15, 0.2) is 40.8 Å². The van der Waals surface area contributed by atoms with E-state index in [1.54, 1.807) is 32.9 Å². The highest BCUT2D eigenvalue weighted by Crippen LogP contribution is 2.41. The topological polar surface area (TPSA) is 96.1 Å². The van der Waals surface area contributed by atoms with Gasteiger partial charge in [-0.05, 0) is 45.4 Å². The number of thiazole rings is 1. The second-order valence-electron chi connectivity index (χ2n) is 8.23. The van der Waals surface area contributed by atoms with Gasteiger partial charge in [0.1, 0.15) is 11.1 Å². The van der Waals surface area contributed by atoms with Crippen molar-refractivity contribution in [2.45, 2.75) is 32.8 Å². The number of nitrogens with zero attached hydrogens (tertiary/aromatic N) is 3. The van der Waals surface area contributed by atoms with Crippen LogP contribution in [-0.2, 0) is 4.74 Å². The predicted octanol–water partition coefficient (Wildman–Crippen LogP) is 6.08. The summed E-state index contributed by atoms with van der Waals surface area (Å²) in [6.07, 6.45) is 4.42. The van der Waals surface area contributed by atoms with Crippen LogP contribution in [0.5, 0.6) is 0 Å². The molecule has 0 atom stereocenters. The normalized spacial score (nSPS) is 14.1. The molecule has 4 rings (SSSR count). The van der Waals surface area contributed by atoms with Crippen LogP contribution in [-0.4, -0.2) is 40.8 Å². The summed E-state index contributed by atoms with van der Waals surface area (Å²) >= 11 is 7.87. The molecule has 10 heteroatoms. The highest BCUT2D eigenvalue weighted by Gasteiger charge is 2.31. The molecule has 0 spiro atoms. The van der Waals surface area contributed by atoms with E-state index in [4.69, 9.17) is 25.7 Å². The molecule has 0 aliphatic carbocycles. The van der Waals surface area contributed by atoms with Gasteiger partial charge in [-0.25, -0.2) is 19.5 Å².